The van der Waals surface area contributed by atoms with Gasteiger partial charge in [-0.05, 0) is 66.0 Å². The van der Waals surface area contributed by atoms with Gasteiger partial charge in [0, 0.05) is 29.7 Å². The molecule has 0 bridgehead atoms. The third kappa shape index (κ3) is 7.79. The zero-order chi connectivity index (χ0) is 32.3. The Labute approximate surface area is 256 Å². The number of hydrogen-bond donors (Lipinski definition) is 1. The van der Waals surface area contributed by atoms with Crippen LogP contribution in [0.25, 0.3) is 0 Å². The number of sulfonamides is 1. The zero-order valence-electron chi connectivity index (χ0n) is 23.3. The molecule has 2 aromatic rings. The molecule has 2 aliphatic rings. The van der Waals surface area contributed by atoms with E-state index in [-0.39, 0.29) is 30.3 Å². The fourth-order valence-corrected chi connectivity index (χ4v) is 6.60. The van der Waals surface area contributed by atoms with E-state index >= 15 is 8.78 Å². The first-order valence-corrected chi connectivity index (χ1v) is 15.7. The van der Waals surface area contributed by atoms with Crippen LogP contribution in [0.4, 0.5) is 22.0 Å². The van der Waals surface area contributed by atoms with Crippen molar-refractivity contribution < 1.29 is 49.5 Å². The molecule has 2 aromatic carbocycles. The van der Waals surface area contributed by atoms with Gasteiger partial charge in [0.2, 0.25) is 6.04 Å². The predicted molar refractivity (Wildman–Crippen MR) is 148 cm³/mol. The van der Waals surface area contributed by atoms with E-state index in [4.69, 9.17) is 22.1 Å². The molecule has 1 heterocycles. The van der Waals surface area contributed by atoms with Crippen molar-refractivity contribution >= 4 is 33.5 Å². The summed E-state index contributed by atoms with van der Waals surface area (Å²) in [6.07, 6.45) is -0.477. The average Bonchev–Trinajstić information content (AvgIpc) is 3.42. The van der Waals surface area contributed by atoms with Crippen molar-refractivity contribution in [2.45, 2.75) is 67.6 Å². The third-order valence-electron chi connectivity index (χ3n) is 7.53. The molecule has 1 amide bonds. The van der Waals surface area contributed by atoms with Gasteiger partial charge in [-0.2, -0.15) is 22.0 Å². The first-order chi connectivity index (χ1) is 20.6. The molecule has 242 valence electrons. The summed E-state index contributed by atoms with van der Waals surface area (Å²) in [7, 11) is -5.55. The number of rotatable bonds is 10. The number of nitrogens with zero attached hydrogens (tertiary/aromatic N) is 2. The molecule has 44 heavy (non-hydrogen) atoms. The summed E-state index contributed by atoms with van der Waals surface area (Å²) < 4.78 is 105. The van der Waals surface area contributed by atoms with Gasteiger partial charge in [-0.15, -0.1) is 0 Å². The van der Waals surface area contributed by atoms with Gasteiger partial charge in [0.1, 0.15) is 5.75 Å². The van der Waals surface area contributed by atoms with Gasteiger partial charge in [0.05, 0.1) is 11.5 Å². The fraction of sp³-hybridized carbons (Fsp3) is 0.500. The van der Waals surface area contributed by atoms with E-state index in [1.807, 2.05) is 0 Å². The van der Waals surface area contributed by atoms with Crippen LogP contribution >= 0.6 is 11.6 Å². The van der Waals surface area contributed by atoms with Crippen molar-refractivity contribution in [2.75, 3.05) is 19.7 Å². The van der Waals surface area contributed by atoms with E-state index < -0.39 is 61.0 Å². The lowest BCUT2D eigenvalue weighted by Gasteiger charge is -2.35. The molecule has 16 heteroatoms. The Morgan fingerprint density at radius 3 is 2.14 bits per heavy atom. The molecular weight excluding hydrogens is 637 g/mol. The van der Waals surface area contributed by atoms with E-state index in [0.717, 1.165) is 73.4 Å². The molecule has 1 aliphatic carbocycles. The lowest BCUT2D eigenvalue weighted by atomic mass is 9.90. The standard InChI is InChI=1S/C28H31ClF5N3O6S/c29-20-8-6-19(7-9-20)27(30,31)24(25(38)36-15-14-21(35)16-36)37(43-26(39)28(32,33)34)44(40,41)23-12-10-22(11-13-23)42-17-18-4-2-1-3-5-18/h6-13,18,21,24H,1-5,14-17,35H2/t21-,24+/m0/s1. The minimum atomic E-state index is -5.80. The second kappa shape index (κ2) is 13.5. The van der Waals surface area contributed by atoms with Crippen LogP contribution in [0.15, 0.2) is 53.4 Å². The van der Waals surface area contributed by atoms with Crippen LogP contribution in [0.3, 0.4) is 0 Å². The number of halogens is 6. The summed E-state index contributed by atoms with van der Waals surface area (Å²) in [6.45, 7) is -0.134. The first-order valence-electron chi connectivity index (χ1n) is 13.9. The number of benzene rings is 2. The smallest absolute Gasteiger partial charge is 0.492 e. The maximum absolute atomic E-state index is 16.2. The minimum absolute atomic E-state index is 0.0108. The summed E-state index contributed by atoms with van der Waals surface area (Å²) in [4.78, 5) is 29.7. The van der Waals surface area contributed by atoms with Crippen LogP contribution in [0.2, 0.25) is 5.02 Å². The van der Waals surface area contributed by atoms with Gasteiger partial charge in [-0.25, -0.2) is 13.2 Å². The van der Waals surface area contributed by atoms with Crippen molar-refractivity contribution in [1.82, 2.24) is 9.37 Å². The molecule has 1 aliphatic heterocycles. The maximum atomic E-state index is 16.2. The highest BCUT2D eigenvalue weighted by atomic mass is 35.5. The molecule has 9 nitrogen and oxygen atoms in total. The fourth-order valence-electron chi connectivity index (χ4n) is 5.12. The Balaban J connectivity index is 1.75. The third-order valence-corrected chi connectivity index (χ3v) is 9.41. The quantitative estimate of drug-likeness (QED) is 0.279. The van der Waals surface area contributed by atoms with Crippen LogP contribution < -0.4 is 10.5 Å². The van der Waals surface area contributed by atoms with Gasteiger partial charge in [0.15, 0.2) is 0 Å². The van der Waals surface area contributed by atoms with Gasteiger partial charge in [-0.3, -0.25) is 4.79 Å². The van der Waals surface area contributed by atoms with Crippen LogP contribution in [0.1, 0.15) is 44.1 Å². The number of amides is 1. The Bertz CT molecular complexity index is 1420. The molecule has 2 N–H and O–H groups in total. The zero-order valence-corrected chi connectivity index (χ0v) is 24.9. The number of nitrogens with two attached hydrogens (primary N) is 1. The van der Waals surface area contributed by atoms with Crippen molar-refractivity contribution in [3.05, 3.63) is 59.1 Å². The SMILES string of the molecule is N[C@H]1CCN(C(=O)[C@@H](N(OC(=O)C(F)(F)F)S(=O)(=O)c2ccc(OCC3CCCCC3)cc2)C(F)(F)c2ccc(Cl)cc2)C1. The monoisotopic (exact) mass is 667 g/mol. The largest absolute Gasteiger partial charge is 0.493 e. The van der Waals surface area contributed by atoms with Crippen LogP contribution in [0, 0.1) is 5.92 Å². The number of hydrogen-bond acceptors (Lipinski definition) is 7. The summed E-state index contributed by atoms with van der Waals surface area (Å²) >= 11 is 5.79. The van der Waals surface area contributed by atoms with Crippen LogP contribution in [-0.2, 0) is 30.4 Å². The van der Waals surface area contributed by atoms with Gasteiger partial charge >= 0.3 is 18.1 Å². The van der Waals surface area contributed by atoms with E-state index in [1.165, 1.54) is 12.1 Å². The van der Waals surface area contributed by atoms with Crippen molar-refractivity contribution in [1.29, 1.82) is 0 Å². The summed E-state index contributed by atoms with van der Waals surface area (Å²) in [5.41, 5.74) is 4.83. The lowest BCUT2D eigenvalue weighted by Crippen LogP contribution is -2.58. The predicted octanol–water partition coefficient (Wildman–Crippen LogP) is 5.03. The topological polar surface area (TPSA) is 119 Å². The molecule has 0 aromatic heterocycles. The molecule has 0 unspecified atom stereocenters. The Morgan fingerprint density at radius 2 is 1.59 bits per heavy atom. The molecule has 2 fully saturated rings. The van der Waals surface area contributed by atoms with E-state index in [1.54, 1.807) is 0 Å². The second-order valence-corrected chi connectivity index (χ2v) is 13.0. The molecular formula is C28H31ClF5N3O6S. The van der Waals surface area contributed by atoms with E-state index in [0.29, 0.717) is 12.5 Å². The molecule has 0 radical (unpaired) electrons. The normalized spacial score (nSPS) is 19.2. The number of ether oxygens (including phenoxy) is 1. The highest BCUT2D eigenvalue weighted by Crippen LogP contribution is 2.40. The average molecular weight is 668 g/mol. The second-order valence-electron chi connectivity index (χ2n) is 10.8. The summed E-state index contributed by atoms with van der Waals surface area (Å²) in [5, 5.41) is 0.0108. The van der Waals surface area contributed by atoms with Crippen LogP contribution in [-0.4, -0.2) is 67.6 Å². The van der Waals surface area contributed by atoms with Gasteiger partial charge < -0.3 is 20.2 Å². The number of likely N-dealkylation sites (tertiary alicyclic amines) is 1. The first kappa shape index (κ1) is 33.9. The molecule has 4 rings (SSSR count). The van der Waals surface area contributed by atoms with E-state index in [9.17, 15) is 31.2 Å². The number of carbonyl (C=O) groups is 2. The Kier molecular flexibility index (Phi) is 10.4. The molecule has 1 saturated heterocycles. The van der Waals surface area contributed by atoms with Crippen molar-refractivity contribution in [2.24, 2.45) is 11.7 Å². The number of hydroxylamine groups is 1. The van der Waals surface area contributed by atoms with Gasteiger partial charge in [-0.1, -0.05) is 43.0 Å². The Morgan fingerprint density at radius 1 is 0.977 bits per heavy atom. The highest BCUT2D eigenvalue weighted by Gasteiger charge is 2.58. The van der Waals surface area contributed by atoms with Gasteiger partial charge in [0.25, 0.3) is 15.9 Å². The summed E-state index contributed by atoms with van der Waals surface area (Å²) in [5.74, 6) is -8.76. The number of alkyl halides is 5. The maximum Gasteiger partial charge on any atom is 0.492 e. The van der Waals surface area contributed by atoms with Crippen molar-refractivity contribution in [3.63, 3.8) is 0 Å². The molecule has 2 atom stereocenters. The van der Waals surface area contributed by atoms with Crippen molar-refractivity contribution in [3.8, 4) is 5.75 Å². The van der Waals surface area contributed by atoms with E-state index in [2.05, 4.69) is 4.84 Å². The Hall–Kier alpha value is -3.01. The van der Waals surface area contributed by atoms with Crippen LogP contribution in [0.5, 0.6) is 5.75 Å². The minimum Gasteiger partial charge on any atom is -0.493 e. The molecule has 1 saturated carbocycles. The highest BCUT2D eigenvalue weighted by molar-refractivity contribution is 7.89. The molecule has 0 spiro atoms. The summed E-state index contributed by atoms with van der Waals surface area (Å²) in [6, 6.07) is 3.80. The lowest BCUT2D eigenvalue weighted by molar-refractivity contribution is -0.239. The number of carbonyl (C=O) groups excluding carboxylic acids is 2.